The van der Waals surface area contributed by atoms with E-state index in [1.54, 1.807) is 17.8 Å². The second kappa shape index (κ2) is 7.03. The number of pyridine rings is 1. The Kier molecular flexibility index (Phi) is 4.54. The standard InChI is InChI=1S/C20H21N5O3/c1-12-7-9-24(17(10-12)20(27)28)19(26)18-13(2)25(23-22-18)15-5-6-16-14(11-15)4-3-8-21-16/h3-6,8,11-12,17H,7,9-10H2,1-2H3,(H,27,28)/t12-,17+/m1/s1. The fourth-order valence-corrected chi connectivity index (χ4v) is 3.72. The zero-order valence-corrected chi connectivity index (χ0v) is 15.7. The third-order valence-electron chi connectivity index (χ3n) is 5.34. The van der Waals surface area contributed by atoms with Crippen LogP contribution in [0.3, 0.4) is 0 Å². The predicted molar refractivity (Wildman–Crippen MR) is 102 cm³/mol. The minimum atomic E-state index is -0.980. The Labute approximate surface area is 161 Å². The van der Waals surface area contributed by atoms with Gasteiger partial charge in [0.05, 0.1) is 16.9 Å². The summed E-state index contributed by atoms with van der Waals surface area (Å²) < 4.78 is 1.60. The monoisotopic (exact) mass is 379 g/mol. The molecule has 2 aromatic heterocycles. The van der Waals surface area contributed by atoms with Crippen LogP contribution in [-0.4, -0.2) is 54.4 Å². The fourth-order valence-electron chi connectivity index (χ4n) is 3.72. The van der Waals surface area contributed by atoms with Gasteiger partial charge in [0.1, 0.15) is 6.04 Å². The molecule has 1 amide bonds. The number of likely N-dealkylation sites (tertiary alicyclic amines) is 1. The lowest BCUT2D eigenvalue weighted by Crippen LogP contribution is -2.50. The highest BCUT2D eigenvalue weighted by molar-refractivity contribution is 5.96. The Morgan fingerprint density at radius 3 is 2.86 bits per heavy atom. The summed E-state index contributed by atoms with van der Waals surface area (Å²) in [5, 5.41) is 18.7. The molecule has 0 radical (unpaired) electrons. The van der Waals surface area contributed by atoms with Crippen molar-refractivity contribution in [1.82, 2.24) is 24.9 Å². The number of carboxylic acid groups (broad SMARTS) is 1. The number of piperidine rings is 1. The second-order valence-electron chi connectivity index (χ2n) is 7.30. The summed E-state index contributed by atoms with van der Waals surface area (Å²) in [6.07, 6.45) is 2.96. The number of aliphatic carboxylic acids is 1. The first-order chi connectivity index (χ1) is 13.5. The van der Waals surface area contributed by atoms with Gasteiger partial charge in [-0.25, -0.2) is 9.48 Å². The highest BCUT2D eigenvalue weighted by Gasteiger charge is 2.37. The van der Waals surface area contributed by atoms with Crippen LogP contribution >= 0.6 is 0 Å². The van der Waals surface area contributed by atoms with E-state index in [2.05, 4.69) is 15.3 Å². The number of hydrogen-bond acceptors (Lipinski definition) is 5. The molecule has 8 nitrogen and oxygen atoms in total. The van der Waals surface area contributed by atoms with Crippen molar-refractivity contribution in [2.45, 2.75) is 32.7 Å². The fraction of sp³-hybridized carbons (Fsp3) is 0.350. The van der Waals surface area contributed by atoms with Gasteiger partial charge in [-0.1, -0.05) is 18.2 Å². The molecule has 4 rings (SSSR count). The average Bonchev–Trinajstić information content (AvgIpc) is 3.08. The summed E-state index contributed by atoms with van der Waals surface area (Å²) in [6, 6.07) is 8.68. The molecular weight excluding hydrogens is 358 g/mol. The van der Waals surface area contributed by atoms with Gasteiger partial charge in [-0.2, -0.15) is 0 Å². The lowest BCUT2D eigenvalue weighted by molar-refractivity contribution is -0.144. The molecule has 1 saturated heterocycles. The maximum absolute atomic E-state index is 13.0. The zero-order chi connectivity index (χ0) is 19.8. The number of hydrogen-bond donors (Lipinski definition) is 1. The summed E-state index contributed by atoms with van der Waals surface area (Å²) in [5.41, 5.74) is 2.40. The molecule has 144 valence electrons. The molecule has 1 fully saturated rings. The molecule has 1 aliphatic heterocycles. The molecule has 1 aromatic carbocycles. The van der Waals surface area contributed by atoms with Crippen molar-refractivity contribution in [3.63, 3.8) is 0 Å². The normalized spacial score (nSPS) is 19.7. The first kappa shape index (κ1) is 18.1. The Morgan fingerprint density at radius 2 is 2.07 bits per heavy atom. The molecule has 0 saturated carbocycles. The van der Waals surface area contributed by atoms with Crippen LogP contribution < -0.4 is 0 Å². The maximum Gasteiger partial charge on any atom is 0.326 e. The summed E-state index contributed by atoms with van der Waals surface area (Å²) in [6.45, 7) is 4.18. The molecule has 2 atom stereocenters. The average molecular weight is 379 g/mol. The van der Waals surface area contributed by atoms with Crippen molar-refractivity contribution in [3.8, 4) is 5.69 Å². The number of amides is 1. The Balaban J connectivity index is 1.67. The molecule has 8 heteroatoms. The first-order valence-corrected chi connectivity index (χ1v) is 9.27. The summed E-state index contributed by atoms with van der Waals surface area (Å²) in [4.78, 5) is 30.4. The molecule has 0 bridgehead atoms. The number of rotatable bonds is 3. The third kappa shape index (κ3) is 3.11. The number of carbonyl (C=O) groups excluding carboxylic acids is 1. The highest BCUT2D eigenvalue weighted by atomic mass is 16.4. The van der Waals surface area contributed by atoms with Crippen molar-refractivity contribution in [3.05, 3.63) is 47.9 Å². The van der Waals surface area contributed by atoms with E-state index in [1.165, 1.54) is 4.90 Å². The smallest absolute Gasteiger partial charge is 0.326 e. The largest absolute Gasteiger partial charge is 0.480 e. The van der Waals surface area contributed by atoms with Gasteiger partial charge in [0.25, 0.3) is 5.91 Å². The van der Waals surface area contributed by atoms with Gasteiger partial charge >= 0.3 is 5.97 Å². The van der Waals surface area contributed by atoms with Crippen LogP contribution in [0.15, 0.2) is 36.5 Å². The third-order valence-corrected chi connectivity index (χ3v) is 5.34. The van der Waals surface area contributed by atoms with Crippen molar-refractivity contribution >= 4 is 22.8 Å². The molecule has 3 aromatic rings. The van der Waals surface area contributed by atoms with Gasteiger partial charge in [0.2, 0.25) is 0 Å². The summed E-state index contributed by atoms with van der Waals surface area (Å²) in [5.74, 6) is -1.09. The quantitative estimate of drug-likeness (QED) is 0.750. The molecule has 1 aliphatic rings. The Hall–Kier alpha value is -3.29. The van der Waals surface area contributed by atoms with E-state index < -0.39 is 12.0 Å². The van der Waals surface area contributed by atoms with Crippen LogP contribution in [0.25, 0.3) is 16.6 Å². The molecule has 0 unspecified atom stereocenters. The number of aromatic nitrogens is 4. The van der Waals surface area contributed by atoms with Crippen LogP contribution in [0.1, 0.15) is 35.9 Å². The molecule has 0 spiro atoms. The second-order valence-corrected chi connectivity index (χ2v) is 7.30. The molecule has 3 heterocycles. The minimum Gasteiger partial charge on any atom is -0.480 e. The van der Waals surface area contributed by atoms with E-state index in [4.69, 9.17) is 0 Å². The number of benzene rings is 1. The van der Waals surface area contributed by atoms with E-state index in [1.807, 2.05) is 37.3 Å². The van der Waals surface area contributed by atoms with Crippen molar-refractivity contribution in [2.24, 2.45) is 5.92 Å². The highest BCUT2D eigenvalue weighted by Crippen LogP contribution is 2.25. The number of carboxylic acids is 1. The van der Waals surface area contributed by atoms with Gasteiger partial charge < -0.3 is 10.0 Å². The summed E-state index contributed by atoms with van der Waals surface area (Å²) in [7, 11) is 0. The lowest BCUT2D eigenvalue weighted by atomic mass is 9.92. The van der Waals surface area contributed by atoms with Gasteiger partial charge in [0.15, 0.2) is 5.69 Å². The lowest BCUT2D eigenvalue weighted by Gasteiger charge is -2.35. The van der Waals surface area contributed by atoms with E-state index in [9.17, 15) is 14.7 Å². The molecule has 28 heavy (non-hydrogen) atoms. The van der Waals surface area contributed by atoms with Crippen LogP contribution in [0, 0.1) is 12.8 Å². The van der Waals surface area contributed by atoms with E-state index >= 15 is 0 Å². The van der Waals surface area contributed by atoms with Gasteiger partial charge in [-0.15, -0.1) is 5.10 Å². The van der Waals surface area contributed by atoms with Gasteiger partial charge in [-0.05, 0) is 49.9 Å². The van der Waals surface area contributed by atoms with Crippen LogP contribution in [0.5, 0.6) is 0 Å². The van der Waals surface area contributed by atoms with Crippen molar-refractivity contribution in [1.29, 1.82) is 0 Å². The Morgan fingerprint density at radius 1 is 1.25 bits per heavy atom. The van der Waals surface area contributed by atoms with E-state index in [0.717, 1.165) is 23.0 Å². The van der Waals surface area contributed by atoms with Crippen molar-refractivity contribution in [2.75, 3.05) is 6.54 Å². The van der Waals surface area contributed by atoms with Crippen LogP contribution in [0.2, 0.25) is 0 Å². The first-order valence-electron chi connectivity index (χ1n) is 9.27. The maximum atomic E-state index is 13.0. The summed E-state index contributed by atoms with van der Waals surface area (Å²) >= 11 is 0. The van der Waals surface area contributed by atoms with Crippen molar-refractivity contribution < 1.29 is 14.7 Å². The van der Waals surface area contributed by atoms with E-state index in [-0.39, 0.29) is 17.5 Å². The topological polar surface area (TPSA) is 101 Å². The van der Waals surface area contributed by atoms with E-state index in [0.29, 0.717) is 18.7 Å². The zero-order valence-electron chi connectivity index (χ0n) is 15.7. The van der Waals surface area contributed by atoms with Crippen LogP contribution in [-0.2, 0) is 4.79 Å². The molecular formula is C20H21N5O3. The minimum absolute atomic E-state index is 0.187. The molecule has 1 N–H and O–H groups in total. The van der Waals surface area contributed by atoms with Gasteiger partial charge in [0, 0.05) is 18.1 Å². The number of carbonyl (C=O) groups is 2. The number of fused-ring (bicyclic) bond motifs is 1. The SMILES string of the molecule is Cc1c(C(=O)N2CC[C@@H](C)C[C@H]2C(=O)O)nnn1-c1ccc2ncccc2c1. The van der Waals surface area contributed by atoms with Gasteiger partial charge in [-0.3, -0.25) is 9.78 Å². The Bertz CT molecular complexity index is 1060. The molecule has 0 aliphatic carbocycles. The predicted octanol–water partition coefficient (Wildman–Crippen LogP) is 2.45. The number of nitrogens with zero attached hydrogens (tertiary/aromatic N) is 5. The van der Waals surface area contributed by atoms with Crippen LogP contribution in [0.4, 0.5) is 0 Å².